The molecule has 4 rings (SSSR count). The van der Waals surface area contributed by atoms with Gasteiger partial charge in [-0.1, -0.05) is 36.1 Å². The Morgan fingerprint density at radius 1 is 0.727 bits per heavy atom. The highest BCUT2D eigenvalue weighted by atomic mass is 19.2. The Hall–Kier alpha value is -3.84. The summed E-state index contributed by atoms with van der Waals surface area (Å²) in [5.41, 5.74) is 3.90. The van der Waals surface area contributed by atoms with Gasteiger partial charge in [-0.3, -0.25) is 4.98 Å². The Morgan fingerprint density at radius 3 is 2.24 bits per heavy atom. The molecule has 4 aromatic rings. The fraction of sp³-hybridized carbons (Fsp3) is 0.138. The molecule has 0 aliphatic rings. The van der Waals surface area contributed by atoms with E-state index in [2.05, 4.69) is 29.5 Å². The van der Waals surface area contributed by atoms with E-state index in [4.69, 9.17) is 0 Å². The highest BCUT2D eigenvalue weighted by Gasteiger charge is 2.05. The number of hydrogen-bond donors (Lipinski definition) is 0. The van der Waals surface area contributed by atoms with Gasteiger partial charge in [-0.2, -0.15) is 0 Å². The molecular formula is C29H22F3N. The summed E-state index contributed by atoms with van der Waals surface area (Å²) in [4.78, 5) is 4.49. The molecule has 1 aromatic heterocycles. The number of rotatable bonds is 6. The van der Waals surface area contributed by atoms with Gasteiger partial charge in [0.2, 0.25) is 0 Å². The van der Waals surface area contributed by atoms with Crippen molar-refractivity contribution in [1.29, 1.82) is 0 Å². The summed E-state index contributed by atoms with van der Waals surface area (Å²) < 4.78 is 41.4. The van der Waals surface area contributed by atoms with Crippen molar-refractivity contribution in [2.75, 3.05) is 0 Å². The van der Waals surface area contributed by atoms with Crippen molar-refractivity contribution in [2.24, 2.45) is 0 Å². The number of halogens is 3. The largest absolute Gasteiger partial charge is 0.261 e. The first-order valence-electron chi connectivity index (χ1n) is 10.8. The summed E-state index contributed by atoms with van der Waals surface area (Å²) in [7, 11) is 0. The van der Waals surface area contributed by atoms with Crippen LogP contribution < -0.4 is 0 Å². The number of pyridine rings is 1. The van der Waals surface area contributed by atoms with Gasteiger partial charge in [-0.25, -0.2) is 13.2 Å². The molecule has 1 nitrogen and oxygen atoms in total. The van der Waals surface area contributed by atoms with Gasteiger partial charge < -0.3 is 0 Å². The Balaban J connectivity index is 1.43. The molecule has 3 aromatic carbocycles. The van der Waals surface area contributed by atoms with Crippen LogP contribution in [-0.2, 0) is 19.3 Å². The second-order valence-electron chi connectivity index (χ2n) is 7.88. The molecule has 164 valence electrons. The highest BCUT2D eigenvalue weighted by Crippen LogP contribution is 2.20. The zero-order valence-electron chi connectivity index (χ0n) is 18.0. The number of nitrogens with zero attached hydrogens (tertiary/aromatic N) is 1. The minimum Gasteiger partial charge on any atom is -0.261 e. The van der Waals surface area contributed by atoms with E-state index < -0.39 is 11.6 Å². The molecule has 0 radical (unpaired) electrons. The molecular weight excluding hydrogens is 419 g/mol. The molecule has 0 saturated heterocycles. The molecule has 0 aliphatic heterocycles. The second-order valence-corrected chi connectivity index (χ2v) is 7.88. The van der Waals surface area contributed by atoms with Gasteiger partial charge in [0, 0.05) is 17.5 Å². The van der Waals surface area contributed by atoms with Crippen LogP contribution in [0.4, 0.5) is 13.2 Å². The van der Waals surface area contributed by atoms with E-state index in [-0.39, 0.29) is 11.4 Å². The van der Waals surface area contributed by atoms with Crippen molar-refractivity contribution in [1.82, 2.24) is 4.98 Å². The van der Waals surface area contributed by atoms with Gasteiger partial charge in [-0.15, -0.1) is 6.58 Å². The third-order valence-electron chi connectivity index (χ3n) is 5.45. The number of hydrogen-bond acceptors (Lipinski definition) is 1. The van der Waals surface area contributed by atoms with Crippen LogP contribution in [0.25, 0.3) is 10.8 Å². The Morgan fingerprint density at radius 2 is 1.52 bits per heavy atom. The number of aryl methyl sites for hydroxylation is 3. The van der Waals surface area contributed by atoms with Crippen LogP contribution in [-0.4, -0.2) is 4.98 Å². The van der Waals surface area contributed by atoms with Gasteiger partial charge in [0.15, 0.2) is 11.6 Å². The Labute approximate surface area is 191 Å². The average Bonchev–Trinajstić information content (AvgIpc) is 2.82. The van der Waals surface area contributed by atoms with Gasteiger partial charge in [0.05, 0.1) is 5.56 Å². The van der Waals surface area contributed by atoms with Crippen LogP contribution >= 0.6 is 0 Å². The van der Waals surface area contributed by atoms with Gasteiger partial charge in [0.1, 0.15) is 5.82 Å². The lowest BCUT2D eigenvalue weighted by Crippen LogP contribution is -1.97. The molecule has 0 bridgehead atoms. The lowest BCUT2D eigenvalue weighted by Gasteiger charge is -2.05. The second kappa shape index (κ2) is 10.2. The van der Waals surface area contributed by atoms with E-state index in [1.54, 1.807) is 24.3 Å². The van der Waals surface area contributed by atoms with E-state index in [1.807, 2.05) is 24.4 Å². The minimum absolute atomic E-state index is 0.286. The van der Waals surface area contributed by atoms with Crippen LogP contribution in [0, 0.1) is 29.3 Å². The predicted molar refractivity (Wildman–Crippen MR) is 126 cm³/mol. The average molecular weight is 441 g/mol. The summed E-state index contributed by atoms with van der Waals surface area (Å²) in [5, 5.41) is 1.12. The summed E-state index contributed by atoms with van der Waals surface area (Å²) in [6, 6.07) is 16.4. The van der Waals surface area contributed by atoms with Crippen molar-refractivity contribution < 1.29 is 13.2 Å². The van der Waals surface area contributed by atoms with Crippen LogP contribution in [0.5, 0.6) is 0 Å². The zero-order chi connectivity index (χ0) is 23.2. The topological polar surface area (TPSA) is 12.9 Å². The Bertz CT molecular complexity index is 1360. The first-order valence-corrected chi connectivity index (χ1v) is 10.8. The maximum Gasteiger partial charge on any atom is 0.159 e. The van der Waals surface area contributed by atoms with E-state index in [0.29, 0.717) is 22.8 Å². The summed E-state index contributed by atoms with van der Waals surface area (Å²) >= 11 is 0. The molecule has 4 heteroatoms. The molecule has 0 spiro atoms. The first kappa shape index (κ1) is 22.4. The number of benzene rings is 3. The Kier molecular flexibility index (Phi) is 6.90. The fourth-order valence-electron chi connectivity index (χ4n) is 3.57. The van der Waals surface area contributed by atoms with Gasteiger partial charge in [0.25, 0.3) is 0 Å². The van der Waals surface area contributed by atoms with E-state index in [0.717, 1.165) is 42.7 Å². The molecule has 0 fully saturated rings. The zero-order valence-corrected chi connectivity index (χ0v) is 18.0. The van der Waals surface area contributed by atoms with Crippen molar-refractivity contribution >= 4 is 10.8 Å². The third kappa shape index (κ3) is 5.70. The first-order chi connectivity index (χ1) is 16.0. The lowest BCUT2D eigenvalue weighted by molar-refractivity contribution is 0.511. The summed E-state index contributed by atoms with van der Waals surface area (Å²) in [6.07, 6.45) is 7.03. The van der Waals surface area contributed by atoms with Crippen LogP contribution in [0.15, 0.2) is 79.5 Å². The quantitative estimate of drug-likeness (QED) is 0.233. The van der Waals surface area contributed by atoms with E-state index in [9.17, 15) is 13.2 Å². The normalized spacial score (nSPS) is 10.6. The van der Waals surface area contributed by atoms with Crippen molar-refractivity contribution in [2.45, 2.75) is 25.7 Å². The van der Waals surface area contributed by atoms with E-state index in [1.165, 1.54) is 11.6 Å². The molecule has 0 aliphatic carbocycles. The van der Waals surface area contributed by atoms with E-state index >= 15 is 0 Å². The predicted octanol–water partition coefficient (Wildman–Crippen LogP) is 6.96. The van der Waals surface area contributed by atoms with Crippen molar-refractivity contribution in [3.63, 3.8) is 0 Å². The molecule has 0 unspecified atom stereocenters. The number of aromatic nitrogens is 1. The lowest BCUT2D eigenvalue weighted by atomic mass is 10.0. The SMILES string of the molecule is C=CCCc1ccc(CCc2ccc(C#Cc3ccc4cc(F)c(F)cc4c3)c(F)c2)nc1. The van der Waals surface area contributed by atoms with Crippen LogP contribution in [0.2, 0.25) is 0 Å². The fourth-order valence-corrected chi connectivity index (χ4v) is 3.57. The van der Waals surface area contributed by atoms with Crippen LogP contribution in [0.3, 0.4) is 0 Å². The molecule has 0 atom stereocenters. The molecule has 0 N–H and O–H groups in total. The maximum atomic E-state index is 14.6. The van der Waals surface area contributed by atoms with Gasteiger partial charge in [-0.05, 0) is 90.0 Å². The summed E-state index contributed by atoms with van der Waals surface area (Å²) in [5.74, 6) is 3.55. The maximum absolute atomic E-state index is 14.6. The van der Waals surface area contributed by atoms with Crippen LogP contribution in [0.1, 0.15) is 34.4 Å². The monoisotopic (exact) mass is 441 g/mol. The summed E-state index contributed by atoms with van der Waals surface area (Å²) in [6.45, 7) is 3.73. The molecule has 0 saturated carbocycles. The third-order valence-corrected chi connectivity index (χ3v) is 5.45. The smallest absolute Gasteiger partial charge is 0.159 e. The number of allylic oxidation sites excluding steroid dienone is 1. The molecule has 0 amide bonds. The van der Waals surface area contributed by atoms with Gasteiger partial charge >= 0.3 is 0 Å². The molecule has 33 heavy (non-hydrogen) atoms. The number of fused-ring (bicyclic) bond motifs is 1. The highest BCUT2D eigenvalue weighted by molar-refractivity contribution is 5.84. The van der Waals surface area contributed by atoms with Crippen molar-refractivity contribution in [3.05, 3.63) is 125 Å². The van der Waals surface area contributed by atoms with Crippen molar-refractivity contribution in [3.8, 4) is 11.8 Å². The minimum atomic E-state index is -0.909. The molecule has 1 heterocycles. The standard InChI is InChI=1S/C29H22F3N/c1-2-3-4-22-9-14-26(33-19-22)13-8-21-6-11-23(27(30)16-21)10-5-20-7-12-24-17-28(31)29(32)18-25(24)15-20/h2,6-7,9,11-12,14-19H,1,3-4,8,13H2.